The predicted molar refractivity (Wildman–Crippen MR) is 93.2 cm³/mol. The predicted octanol–water partition coefficient (Wildman–Crippen LogP) is 4.97. The average molecular weight is 287 g/mol. The molecule has 1 nitrogen and oxygen atoms in total. The number of rotatable bonds is 6. The topological polar surface area (TPSA) is 12.0 Å². The summed E-state index contributed by atoms with van der Waals surface area (Å²) in [5.41, 5.74) is 5.40. The molecule has 1 aromatic carbocycles. The van der Waals surface area contributed by atoms with Crippen molar-refractivity contribution < 1.29 is 0 Å². The van der Waals surface area contributed by atoms with Gasteiger partial charge in [0, 0.05) is 0 Å². The van der Waals surface area contributed by atoms with Crippen molar-refractivity contribution in [2.24, 2.45) is 0 Å². The lowest BCUT2D eigenvalue weighted by Gasteiger charge is -2.42. The van der Waals surface area contributed by atoms with Crippen LogP contribution in [0, 0.1) is 0 Å². The molecule has 0 unspecified atom stereocenters. The number of hydrogen-bond acceptors (Lipinski definition) is 1. The first kappa shape index (κ1) is 16.5. The van der Waals surface area contributed by atoms with Gasteiger partial charge in [0.25, 0.3) is 0 Å². The van der Waals surface area contributed by atoms with Crippen LogP contribution >= 0.6 is 0 Å². The molecule has 1 N–H and O–H groups in total. The van der Waals surface area contributed by atoms with E-state index in [1.54, 1.807) is 11.1 Å². The van der Waals surface area contributed by atoms with E-state index in [1.165, 1.54) is 44.1 Å². The Kier molecular flexibility index (Phi) is 5.14. The van der Waals surface area contributed by atoms with Gasteiger partial charge < -0.3 is 5.32 Å². The van der Waals surface area contributed by atoms with Gasteiger partial charge in [-0.1, -0.05) is 52.3 Å². The van der Waals surface area contributed by atoms with Crippen molar-refractivity contribution in [2.75, 3.05) is 13.6 Å². The minimum absolute atomic E-state index is 0.340. The number of unbranched alkanes of at least 4 members (excludes halogenated alkanes) is 2. The zero-order valence-corrected chi connectivity index (χ0v) is 14.7. The van der Waals surface area contributed by atoms with Crippen molar-refractivity contribution in [3.05, 3.63) is 34.9 Å². The van der Waals surface area contributed by atoms with E-state index >= 15 is 0 Å². The zero-order chi connectivity index (χ0) is 15.5. The summed E-state index contributed by atoms with van der Waals surface area (Å²) in [6.45, 7) is 10.8. The zero-order valence-electron chi connectivity index (χ0n) is 14.7. The number of nitrogens with one attached hydrogen (secondary N) is 1. The van der Waals surface area contributed by atoms with Crippen molar-refractivity contribution >= 4 is 0 Å². The molecular formula is C20H33N. The highest BCUT2D eigenvalue weighted by Gasteiger charge is 2.36. The molecule has 0 bridgehead atoms. The SMILES string of the molecule is CNCCCCCc1ccc2c(c1)C(C)(C)CCC2(C)C. The lowest BCUT2D eigenvalue weighted by atomic mass is 9.63. The van der Waals surface area contributed by atoms with Crippen LogP contribution in [0.4, 0.5) is 0 Å². The highest BCUT2D eigenvalue weighted by molar-refractivity contribution is 5.43. The molecule has 0 saturated carbocycles. The Bertz CT molecular complexity index is 471. The van der Waals surface area contributed by atoms with E-state index in [9.17, 15) is 0 Å². The van der Waals surface area contributed by atoms with Crippen LogP contribution in [0.1, 0.15) is 76.5 Å². The highest BCUT2D eigenvalue weighted by atomic mass is 14.8. The minimum atomic E-state index is 0.340. The molecule has 118 valence electrons. The second kappa shape index (κ2) is 6.52. The maximum absolute atomic E-state index is 3.23. The molecule has 0 radical (unpaired) electrons. The molecule has 2 rings (SSSR count). The molecule has 0 heterocycles. The van der Waals surface area contributed by atoms with E-state index in [2.05, 4.69) is 51.2 Å². The van der Waals surface area contributed by atoms with Crippen LogP contribution in [-0.4, -0.2) is 13.6 Å². The van der Waals surface area contributed by atoms with E-state index in [4.69, 9.17) is 0 Å². The molecule has 1 aliphatic carbocycles. The van der Waals surface area contributed by atoms with Gasteiger partial charge in [-0.05, 0) is 73.2 Å². The minimum Gasteiger partial charge on any atom is -0.320 e. The highest BCUT2D eigenvalue weighted by Crippen LogP contribution is 2.45. The molecule has 0 aromatic heterocycles. The summed E-state index contributed by atoms with van der Waals surface area (Å²) in [6, 6.07) is 7.30. The third-order valence-corrected chi connectivity index (χ3v) is 5.31. The molecule has 1 aromatic rings. The molecule has 0 amide bonds. The Morgan fingerprint density at radius 3 is 2.24 bits per heavy atom. The van der Waals surface area contributed by atoms with Crippen molar-refractivity contribution in [3.8, 4) is 0 Å². The molecule has 0 fully saturated rings. The Labute approximate surface area is 131 Å². The van der Waals surface area contributed by atoms with E-state index in [0.29, 0.717) is 10.8 Å². The van der Waals surface area contributed by atoms with Gasteiger partial charge in [0.1, 0.15) is 0 Å². The maximum Gasteiger partial charge on any atom is -0.00519 e. The van der Waals surface area contributed by atoms with E-state index in [1.807, 2.05) is 7.05 Å². The largest absolute Gasteiger partial charge is 0.320 e. The fourth-order valence-electron chi connectivity index (χ4n) is 3.60. The molecule has 0 spiro atoms. The fraction of sp³-hybridized carbons (Fsp3) is 0.700. The summed E-state index contributed by atoms with van der Waals surface area (Å²) in [4.78, 5) is 0. The van der Waals surface area contributed by atoms with Crippen LogP contribution in [0.2, 0.25) is 0 Å². The summed E-state index contributed by atoms with van der Waals surface area (Å²) in [6.07, 6.45) is 7.76. The Balaban J connectivity index is 2.10. The Morgan fingerprint density at radius 1 is 0.905 bits per heavy atom. The fourth-order valence-corrected chi connectivity index (χ4v) is 3.60. The lowest BCUT2D eigenvalue weighted by Crippen LogP contribution is -2.33. The molecule has 21 heavy (non-hydrogen) atoms. The van der Waals surface area contributed by atoms with Gasteiger partial charge in [0.15, 0.2) is 0 Å². The summed E-state index contributed by atoms with van der Waals surface area (Å²) in [5.74, 6) is 0. The summed E-state index contributed by atoms with van der Waals surface area (Å²) < 4.78 is 0. The number of fused-ring (bicyclic) bond motifs is 1. The van der Waals surface area contributed by atoms with Gasteiger partial charge in [-0.15, -0.1) is 0 Å². The van der Waals surface area contributed by atoms with Gasteiger partial charge >= 0.3 is 0 Å². The van der Waals surface area contributed by atoms with Crippen LogP contribution in [0.25, 0.3) is 0 Å². The Morgan fingerprint density at radius 2 is 1.57 bits per heavy atom. The van der Waals surface area contributed by atoms with Crippen LogP contribution in [0.15, 0.2) is 18.2 Å². The summed E-state index contributed by atoms with van der Waals surface area (Å²) >= 11 is 0. The van der Waals surface area contributed by atoms with Crippen LogP contribution in [0.5, 0.6) is 0 Å². The van der Waals surface area contributed by atoms with E-state index < -0.39 is 0 Å². The normalized spacial score (nSPS) is 19.3. The quantitative estimate of drug-likeness (QED) is 0.729. The van der Waals surface area contributed by atoms with Crippen LogP contribution in [-0.2, 0) is 17.3 Å². The second-order valence-electron chi connectivity index (χ2n) is 8.06. The maximum atomic E-state index is 3.23. The molecule has 0 aliphatic heterocycles. The molecular weight excluding hydrogens is 254 g/mol. The smallest absolute Gasteiger partial charge is 0.00519 e. The van der Waals surface area contributed by atoms with Gasteiger partial charge in [-0.25, -0.2) is 0 Å². The second-order valence-corrected chi connectivity index (χ2v) is 8.06. The molecule has 0 atom stereocenters. The van der Waals surface area contributed by atoms with Gasteiger partial charge in [-0.2, -0.15) is 0 Å². The molecule has 1 heteroatoms. The third kappa shape index (κ3) is 3.88. The van der Waals surface area contributed by atoms with Gasteiger partial charge in [0.05, 0.1) is 0 Å². The Hall–Kier alpha value is -0.820. The van der Waals surface area contributed by atoms with E-state index in [0.717, 1.165) is 6.54 Å². The number of hydrogen-bond donors (Lipinski definition) is 1. The van der Waals surface area contributed by atoms with Gasteiger partial charge in [-0.3, -0.25) is 0 Å². The first-order valence-electron chi connectivity index (χ1n) is 8.65. The van der Waals surface area contributed by atoms with Crippen molar-refractivity contribution in [1.29, 1.82) is 0 Å². The average Bonchev–Trinajstić information content (AvgIpc) is 2.44. The summed E-state index contributed by atoms with van der Waals surface area (Å²) in [7, 11) is 2.04. The van der Waals surface area contributed by atoms with Crippen LogP contribution < -0.4 is 5.32 Å². The number of aryl methyl sites for hydroxylation is 1. The number of benzene rings is 1. The monoisotopic (exact) mass is 287 g/mol. The van der Waals surface area contributed by atoms with E-state index in [-0.39, 0.29) is 0 Å². The standard InChI is InChI=1S/C20H33N/c1-19(2)12-13-20(3,4)18-15-16(10-11-17(18)19)9-7-6-8-14-21-5/h10-11,15,21H,6-9,12-14H2,1-5H3. The first-order valence-corrected chi connectivity index (χ1v) is 8.65. The molecule has 0 saturated heterocycles. The summed E-state index contributed by atoms with van der Waals surface area (Å²) in [5, 5.41) is 3.23. The van der Waals surface area contributed by atoms with Crippen LogP contribution in [0.3, 0.4) is 0 Å². The van der Waals surface area contributed by atoms with Gasteiger partial charge in [0.2, 0.25) is 0 Å². The third-order valence-electron chi connectivity index (χ3n) is 5.31. The van der Waals surface area contributed by atoms with Crippen molar-refractivity contribution in [3.63, 3.8) is 0 Å². The van der Waals surface area contributed by atoms with Crippen molar-refractivity contribution in [2.45, 2.75) is 77.0 Å². The molecule has 1 aliphatic rings. The first-order chi connectivity index (χ1) is 9.87. The lowest BCUT2D eigenvalue weighted by molar-refractivity contribution is 0.331. The van der Waals surface area contributed by atoms with Crippen molar-refractivity contribution in [1.82, 2.24) is 5.32 Å².